The quantitative estimate of drug-likeness (QED) is 0.887. The summed E-state index contributed by atoms with van der Waals surface area (Å²) in [5.41, 5.74) is 7.87. The first kappa shape index (κ1) is 13.3. The summed E-state index contributed by atoms with van der Waals surface area (Å²) in [6.07, 6.45) is 6.86. The zero-order chi connectivity index (χ0) is 14.1. The number of aromatic nitrogens is 3. The van der Waals surface area contributed by atoms with E-state index < -0.39 is 0 Å². The van der Waals surface area contributed by atoms with E-state index in [1.54, 1.807) is 6.33 Å². The largest absolute Gasteiger partial charge is 0.372 e. The minimum absolute atomic E-state index is 0.0333. The third-order valence-electron chi connectivity index (χ3n) is 3.96. The van der Waals surface area contributed by atoms with E-state index in [9.17, 15) is 0 Å². The van der Waals surface area contributed by atoms with Gasteiger partial charge in [-0.2, -0.15) is 0 Å². The van der Waals surface area contributed by atoms with Crippen LogP contribution in [0.2, 0.25) is 0 Å². The molecule has 3 N–H and O–H groups in total. The van der Waals surface area contributed by atoms with Crippen LogP contribution in [0.1, 0.15) is 31.6 Å². The van der Waals surface area contributed by atoms with Crippen LogP contribution in [0.25, 0.3) is 11.0 Å². The molecule has 0 spiro atoms. The topological polar surface area (TPSA) is 78.0 Å². The summed E-state index contributed by atoms with van der Waals surface area (Å²) in [5.74, 6) is 0.874. The van der Waals surface area contributed by atoms with E-state index in [1.807, 2.05) is 7.05 Å². The molecule has 108 valence electrons. The fourth-order valence-electron chi connectivity index (χ4n) is 2.90. The molecule has 0 radical (unpaired) electrons. The van der Waals surface area contributed by atoms with E-state index in [0.717, 1.165) is 36.1 Å². The van der Waals surface area contributed by atoms with Crippen molar-refractivity contribution in [2.75, 3.05) is 18.9 Å². The second-order valence-corrected chi connectivity index (χ2v) is 5.11. The Morgan fingerprint density at radius 1 is 1.45 bits per heavy atom. The Hall–Kier alpha value is -1.66. The smallest absolute Gasteiger partial charge is 0.147 e. The van der Waals surface area contributed by atoms with E-state index in [2.05, 4.69) is 33.0 Å². The first-order chi connectivity index (χ1) is 9.78. The van der Waals surface area contributed by atoms with E-state index >= 15 is 0 Å². The summed E-state index contributed by atoms with van der Waals surface area (Å²) >= 11 is 0. The summed E-state index contributed by atoms with van der Waals surface area (Å²) in [7, 11) is 1.88. The van der Waals surface area contributed by atoms with Crippen molar-refractivity contribution >= 4 is 16.9 Å². The fraction of sp³-hybridized carbons (Fsp3) is 0.571. The van der Waals surface area contributed by atoms with Gasteiger partial charge in [-0.05, 0) is 24.8 Å². The first-order valence-electron chi connectivity index (χ1n) is 7.16. The average Bonchev–Trinajstić information content (AvgIpc) is 3.10. The minimum Gasteiger partial charge on any atom is -0.372 e. The number of ether oxygens (including phenoxy) is 1. The third kappa shape index (κ3) is 2.05. The van der Waals surface area contributed by atoms with Crippen LogP contribution >= 0.6 is 0 Å². The van der Waals surface area contributed by atoms with Gasteiger partial charge in [-0.25, -0.2) is 9.97 Å². The molecule has 3 rings (SSSR count). The lowest BCUT2D eigenvalue weighted by Crippen LogP contribution is -2.20. The number of rotatable bonds is 4. The zero-order valence-electron chi connectivity index (χ0n) is 12.0. The molecule has 1 aliphatic heterocycles. The summed E-state index contributed by atoms with van der Waals surface area (Å²) in [4.78, 5) is 8.76. The highest BCUT2D eigenvalue weighted by Crippen LogP contribution is 2.34. The normalized spacial score (nSPS) is 22.6. The number of hydrogen-bond donors (Lipinski definition) is 2. The van der Waals surface area contributed by atoms with Gasteiger partial charge in [0.25, 0.3) is 0 Å². The van der Waals surface area contributed by atoms with Crippen LogP contribution in [0.5, 0.6) is 0 Å². The molecule has 6 heteroatoms. The van der Waals surface area contributed by atoms with Crippen molar-refractivity contribution in [1.29, 1.82) is 0 Å². The molecule has 1 aliphatic rings. The summed E-state index contributed by atoms with van der Waals surface area (Å²) in [6, 6.07) is 0. The highest BCUT2D eigenvalue weighted by molar-refractivity contribution is 5.90. The highest BCUT2D eigenvalue weighted by atomic mass is 16.5. The van der Waals surface area contributed by atoms with Crippen molar-refractivity contribution in [3.63, 3.8) is 0 Å². The number of aryl methyl sites for hydroxylation is 1. The maximum absolute atomic E-state index is 5.99. The van der Waals surface area contributed by atoms with Crippen LogP contribution in [0.15, 0.2) is 12.5 Å². The molecule has 0 aliphatic carbocycles. The Labute approximate surface area is 118 Å². The Balaban J connectivity index is 2.08. The van der Waals surface area contributed by atoms with Crippen molar-refractivity contribution in [3.8, 4) is 0 Å². The van der Waals surface area contributed by atoms with Gasteiger partial charge in [0, 0.05) is 19.8 Å². The van der Waals surface area contributed by atoms with Crippen LogP contribution in [-0.4, -0.2) is 34.2 Å². The third-order valence-corrected chi connectivity index (χ3v) is 3.96. The second kappa shape index (κ2) is 5.38. The van der Waals surface area contributed by atoms with Gasteiger partial charge < -0.3 is 20.4 Å². The van der Waals surface area contributed by atoms with Gasteiger partial charge in [0.05, 0.1) is 11.5 Å². The van der Waals surface area contributed by atoms with Crippen LogP contribution in [0.4, 0.5) is 5.82 Å². The van der Waals surface area contributed by atoms with Gasteiger partial charge in [-0.3, -0.25) is 0 Å². The van der Waals surface area contributed by atoms with Crippen LogP contribution in [0.3, 0.4) is 0 Å². The van der Waals surface area contributed by atoms with E-state index in [1.165, 1.54) is 5.56 Å². The summed E-state index contributed by atoms with van der Waals surface area (Å²) < 4.78 is 8.12. The van der Waals surface area contributed by atoms with Gasteiger partial charge in [0.1, 0.15) is 24.0 Å². The number of hydrogen-bond acceptors (Lipinski definition) is 5. The monoisotopic (exact) mass is 275 g/mol. The molecule has 3 heterocycles. The van der Waals surface area contributed by atoms with Crippen molar-refractivity contribution in [2.24, 2.45) is 5.73 Å². The SMILES string of the molecule is CCc1cn(C2CCC(CN)O2)c2ncnc(NC)c12. The molecule has 1 fully saturated rings. The number of nitrogens with one attached hydrogen (secondary N) is 1. The Kier molecular flexibility index (Phi) is 3.58. The van der Waals surface area contributed by atoms with Gasteiger partial charge in [-0.1, -0.05) is 6.92 Å². The van der Waals surface area contributed by atoms with Gasteiger partial charge in [0.2, 0.25) is 0 Å². The van der Waals surface area contributed by atoms with Crippen molar-refractivity contribution in [1.82, 2.24) is 14.5 Å². The molecule has 20 heavy (non-hydrogen) atoms. The highest BCUT2D eigenvalue weighted by Gasteiger charge is 2.27. The molecule has 0 saturated carbocycles. The molecule has 2 unspecified atom stereocenters. The maximum atomic E-state index is 5.99. The molecule has 0 bridgehead atoms. The summed E-state index contributed by atoms with van der Waals surface area (Å²) in [6.45, 7) is 2.72. The van der Waals surface area contributed by atoms with Crippen molar-refractivity contribution in [2.45, 2.75) is 38.5 Å². The van der Waals surface area contributed by atoms with Crippen LogP contribution in [-0.2, 0) is 11.2 Å². The standard InChI is InChI=1S/C14H21N5O/c1-3-9-7-19(11-5-4-10(6-15)20-11)14-12(9)13(16-2)17-8-18-14/h7-8,10-11H,3-6,15H2,1-2H3,(H,16,17,18). The minimum atomic E-state index is 0.0333. The van der Waals surface area contributed by atoms with E-state index in [4.69, 9.17) is 10.5 Å². The Morgan fingerprint density at radius 3 is 2.95 bits per heavy atom. The number of nitrogens with zero attached hydrogens (tertiary/aromatic N) is 3. The Morgan fingerprint density at radius 2 is 2.30 bits per heavy atom. The Bertz CT molecular complexity index is 609. The van der Waals surface area contributed by atoms with E-state index in [0.29, 0.717) is 6.54 Å². The average molecular weight is 275 g/mol. The van der Waals surface area contributed by atoms with Gasteiger partial charge >= 0.3 is 0 Å². The number of anilines is 1. The molecular formula is C14H21N5O. The van der Waals surface area contributed by atoms with Crippen molar-refractivity contribution < 1.29 is 4.74 Å². The fourth-order valence-corrected chi connectivity index (χ4v) is 2.90. The molecule has 6 nitrogen and oxygen atoms in total. The molecule has 2 aromatic rings. The van der Waals surface area contributed by atoms with Crippen molar-refractivity contribution in [3.05, 3.63) is 18.1 Å². The lowest BCUT2D eigenvalue weighted by molar-refractivity contribution is 0.00893. The van der Waals surface area contributed by atoms with Crippen LogP contribution < -0.4 is 11.1 Å². The maximum Gasteiger partial charge on any atom is 0.147 e. The molecule has 2 aromatic heterocycles. The zero-order valence-corrected chi connectivity index (χ0v) is 12.0. The van der Waals surface area contributed by atoms with Crippen LogP contribution in [0, 0.1) is 0 Å². The molecule has 1 saturated heterocycles. The predicted molar refractivity (Wildman–Crippen MR) is 78.7 cm³/mol. The molecule has 2 atom stereocenters. The number of nitrogens with two attached hydrogens (primary N) is 1. The number of fused-ring (bicyclic) bond motifs is 1. The molecular weight excluding hydrogens is 254 g/mol. The van der Waals surface area contributed by atoms with Gasteiger partial charge in [-0.15, -0.1) is 0 Å². The molecule has 0 amide bonds. The first-order valence-corrected chi connectivity index (χ1v) is 7.16. The van der Waals surface area contributed by atoms with Gasteiger partial charge in [0.15, 0.2) is 0 Å². The second-order valence-electron chi connectivity index (χ2n) is 5.11. The summed E-state index contributed by atoms with van der Waals surface area (Å²) in [5, 5.41) is 4.24. The molecule has 0 aromatic carbocycles. The van der Waals surface area contributed by atoms with E-state index in [-0.39, 0.29) is 12.3 Å². The lowest BCUT2D eigenvalue weighted by atomic mass is 10.2. The lowest BCUT2D eigenvalue weighted by Gasteiger charge is -2.15. The predicted octanol–water partition coefficient (Wildman–Crippen LogP) is 1.67.